The number of aliphatic hydroxyl groups excluding tert-OH is 1. The Hall–Kier alpha value is -1.40. The Balaban J connectivity index is 1.66. The van der Waals surface area contributed by atoms with E-state index in [1.54, 1.807) is 0 Å². The van der Waals surface area contributed by atoms with Gasteiger partial charge in [-0.05, 0) is 18.6 Å². The van der Waals surface area contributed by atoms with E-state index in [-0.39, 0.29) is 12.7 Å². The lowest BCUT2D eigenvalue weighted by atomic mass is 10.2. The summed E-state index contributed by atoms with van der Waals surface area (Å²) < 4.78 is 7.45. The lowest BCUT2D eigenvalue weighted by Crippen LogP contribution is -2.42. The monoisotopic (exact) mass is 321 g/mol. The van der Waals surface area contributed by atoms with Crippen LogP contribution in [0.25, 0.3) is 5.69 Å². The van der Waals surface area contributed by atoms with Gasteiger partial charge in [-0.15, -0.1) is 0 Å². The fourth-order valence-electron chi connectivity index (χ4n) is 2.71. The maximum atomic E-state index is 9.03. The Kier molecular flexibility index (Phi) is 5.10. The summed E-state index contributed by atoms with van der Waals surface area (Å²) in [4.78, 5) is 2.33. The molecule has 2 aromatic rings. The summed E-state index contributed by atoms with van der Waals surface area (Å²) in [6.07, 6.45) is 4.70. The Labute approximate surface area is 135 Å². The zero-order valence-electron chi connectivity index (χ0n) is 12.4. The Morgan fingerprint density at radius 2 is 2.23 bits per heavy atom. The smallest absolute Gasteiger partial charge is 0.0831 e. The third kappa shape index (κ3) is 3.67. The van der Waals surface area contributed by atoms with Gasteiger partial charge >= 0.3 is 0 Å². The molecular weight excluding hydrogens is 302 g/mol. The molecule has 1 N–H and O–H groups in total. The number of para-hydroxylation sites is 1. The first-order valence-corrected chi connectivity index (χ1v) is 7.87. The van der Waals surface area contributed by atoms with Crippen molar-refractivity contribution in [2.45, 2.75) is 19.1 Å². The number of ether oxygens (including phenoxy) is 1. The third-order valence-corrected chi connectivity index (χ3v) is 4.14. The van der Waals surface area contributed by atoms with Crippen molar-refractivity contribution < 1.29 is 9.84 Å². The van der Waals surface area contributed by atoms with E-state index in [1.165, 1.54) is 0 Å². The lowest BCUT2D eigenvalue weighted by molar-refractivity contribution is -0.0407. The third-order valence-electron chi connectivity index (χ3n) is 3.82. The molecule has 0 bridgehead atoms. The number of hydrogen-bond donors (Lipinski definition) is 1. The largest absolute Gasteiger partial charge is 0.396 e. The molecule has 1 aromatic heterocycles. The quantitative estimate of drug-likeness (QED) is 0.916. The first-order valence-electron chi connectivity index (χ1n) is 7.49. The summed E-state index contributed by atoms with van der Waals surface area (Å²) in [5.41, 5.74) is 2.03. The average molecular weight is 322 g/mol. The molecule has 6 heteroatoms. The first kappa shape index (κ1) is 15.5. The molecule has 0 radical (unpaired) electrons. The second-order valence-corrected chi connectivity index (χ2v) is 5.89. The molecule has 1 saturated heterocycles. The molecule has 1 atom stereocenters. The normalized spacial score (nSPS) is 19.5. The van der Waals surface area contributed by atoms with Gasteiger partial charge in [-0.2, -0.15) is 5.10 Å². The van der Waals surface area contributed by atoms with Crippen molar-refractivity contribution in [2.24, 2.45) is 0 Å². The van der Waals surface area contributed by atoms with E-state index < -0.39 is 0 Å². The van der Waals surface area contributed by atoms with Gasteiger partial charge in [0, 0.05) is 38.0 Å². The SMILES string of the molecule is OCCC1CN(Cc2cnn(-c3ccccc3Cl)c2)CCO1. The van der Waals surface area contributed by atoms with E-state index in [0.717, 1.165) is 30.9 Å². The molecule has 5 nitrogen and oxygen atoms in total. The summed E-state index contributed by atoms with van der Waals surface area (Å²) in [6, 6.07) is 7.67. The van der Waals surface area contributed by atoms with Crippen molar-refractivity contribution >= 4 is 11.6 Å². The highest BCUT2D eigenvalue weighted by atomic mass is 35.5. The van der Waals surface area contributed by atoms with Gasteiger partial charge < -0.3 is 9.84 Å². The van der Waals surface area contributed by atoms with Gasteiger partial charge in [-0.3, -0.25) is 4.90 Å². The highest BCUT2D eigenvalue weighted by molar-refractivity contribution is 6.32. The molecule has 1 aliphatic rings. The summed E-state index contributed by atoms with van der Waals surface area (Å²) in [6.45, 7) is 3.46. The fraction of sp³-hybridized carbons (Fsp3) is 0.438. The Morgan fingerprint density at radius 1 is 1.36 bits per heavy atom. The second kappa shape index (κ2) is 7.24. The van der Waals surface area contributed by atoms with Gasteiger partial charge in [0.25, 0.3) is 0 Å². The zero-order valence-corrected chi connectivity index (χ0v) is 13.1. The van der Waals surface area contributed by atoms with Crippen molar-refractivity contribution in [1.29, 1.82) is 0 Å². The first-order chi connectivity index (χ1) is 10.8. The molecule has 0 amide bonds. The van der Waals surface area contributed by atoms with Gasteiger partial charge in [0.2, 0.25) is 0 Å². The molecule has 1 unspecified atom stereocenters. The van der Waals surface area contributed by atoms with Crippen LogP contribution < -0.4 is 0 Å². The summed E-state index contributed by atoms with van der Waals surface area (Å²) in [5.74, 6) is 0. The zero-order chi connectivity index (χ0) is 15.4. The van der Waals surface area contributed by atoms with E-state index >= 15 is 0 Å². The summed E-state index contributed by atoms with van der Waals surface area (Å²) >= 11 is 6.20. The molecule has 0 saturated carbocycles. The number of benzene rings is 1. The number of aliphatic hydroxyl groups is 1. The average Bonchev–Trinajstić information content (AvgIpc) is 2.97. The molecule has 0 aliphatic carbocycles. The van der Waals surface area contributed by atoms with E-state index in [9.17, 15) is 0 Å². The second-order valence-electron chi connectivity index (χ2n) is 5.48. The topological polar surface area (TPSA) is 50.5 Å². The predicted molar refractivity (Wildman–Crippen MR) is 85.3 cm³/mol. The van der Waals surface area contributed by atoms with Crippen LogP contribution in [0.2, 0.25) is 5.02 Å². The molecule has 1 aromatic carbocycles. The Bertz CT molecular complexity index is 615. The van der Waals surface area contributed by atoms with Crippen LogP contribution in [0.5, 0.6) is 0 Å². The van der Waals surface area contributed by atoms with Gasteiger partial charge in [0.1, 0.15) is 0 Å². The van der Waals surface area contributed by atoms with Crippen LogP contribution in [0.1, 0.15) is 12.0 Å². The molecule has 1 aliphatic heterocycles. The standard InChI is InChI=1S/C16H20ClN3O2/c17-15-3-1-2-4-16(15)20-11-13(9-18-20)10-19-6-8-22-14(12-19)5-7-21/h1-4,9,11,14,21H,5-8,10,12H2. The van der Waals surface area contributed by atoms with Crippen molar-refractivity contribution in [3.63, 3.8) is 0 Å². The van der Waals surface area contributed by atoms with Crippen LogP contribution in [-0.2, 0) is 11.3 Å². The number of halogens is 1. The molecule has 0 spiro atoms. The van der Waals surface area contributed by atoms with E-state index in [4.69, 9.17) is 21.4 Å². The van der Waals surface area contributed by atoms with Crippen LogP contribution in [0, 0.1) is 0 Å². The summed E-state index contributed by atoms with van der Waals surface area (Å²) in [5, 5.41) is 14.1. The van der Waals surface area contributed by atoms with Crippen LogP contribution in [0.4, 0.5) is 0 Å². The van der Waals surface area contributed by atoms with Gasteiger partial charge in [0.15, 0.2) is 0 Å². The maximum absolute atomic E-state index is 9.03. The van der Waals surface area contributed by atoms with Crippen LogP contribution >= 0.6 is 11.6 Å². The molecular formula is C16H20ClN3O2. The molecule has 22 heavy (non-hydrogen) atoms. The number of hydrogen-bond acceptors (Lipinski definition) is 4. The number of aromatic nitrogens is 2. The molecule has 2 heterocycles. The minimum atomic E-state index is 0.123. The van der Waals surface area contributed by atoms with Gasteiger partial charge in [-0.1, -0.05) is 23.7 Å². The maximum Gasteiger partial charge on any atom is 0.0831 e. The number of morpholine rings is 1. The minimum absolute atomic E-state index is 0.123. The van der Waals surface area contributed by atoms with Crippen molar-refractivity contribution in [3.8, 4) is 5.69 Å². The molecule has 118 valence electrons. The van der Waals surface area contributed by atoms with Crippen LogP contribution in [0.3, 0.4) is 0 Å². The summed E-state index contributed by atoms with van der Waals surface area (Å²) in [7, 11) is 0. The highest BCUT2D eigenvalue weighted by Gasteiger charge is 2.20. The van der Waals surface area contributed by atoms with Gasteiger partial charge in [0.05, 0.1) is 29.6 Å². The highest BCUT2D eigenvalue weighted by Crippen LogP contribution is 2.20. The van der Waals surface area contributed by atoms with E-state index in [1.807, 2.05) is 41.3 Å². The fourth-order valence-corrected chi connectivity index (χ4v) is 2.93. The number of rotatable bonds is 5. The predicted octanol–water partition coefficient (Wildman–Crippen LogP) is 2.11. The number of nitrogens with zero attached hydrogens (tertiary/aromatic N) is 3. The van der Waals surface area contributed by atoms with Crippen LogP contribution in [-0.4, -0.2) is 52.2 Å². The molecule has 1 fully saturated rings. The van der Waals surface area contributed by atoms with Gasteiger partial charge in [-0.25, -0.2) is 4.68 Å². The van der Waals surface area contributed by atoms with E-state index in [0.29, 0.717) is 18.1 Å². The van der Waals surface area contributed by atoms with Crippen molar-refractivity contribution in [2.75, 3.05) is 26.3 Å². The Morgan fingerprint density at radius 3 is 3.05 bits per heavy atom. The van der Waals surface area contributed by atoms with E-state index in [2.05, 4.69) is 10.00 Å². The lowest BCUT2D eigenvalue weighted by Gasteiger charge is -2.32. The minimum Gasteiger partial charge on any atom is -0.396 e. The van der Waals surface area contributed by atoms with Crippen molar-refractivity contribution in [1.82, 2.24) is 14.7 Å². The van der Waals surface area contributed by atoms with Crippen molar-refractivity contribution in [3.05, 3.63) is 47.2 Å². The molecule has 3 rings (SSSR count). The van der Waals surface area contributed by atoms with Crippen LogP contribution in [0.15, 0.2) is 36.7 Å².